The smallest absolute Gasteiger partial charge is 0.270 e. The minimum atomic E-state index is -0.580. The predicted octanol–water partition coefficient (Wildman–Crippen LogP) is -0.253. The second kappa shape index (κ2) is 6.11. The number of rotatable bonds is 4. The summed E-state index contributed by atoms with van der Waals surface area (Å²) in [6.07, 6.45) is 1.55. The Balaban J connectivity index is 2.67. The van der Waals surface area contributed by atoms with Gasteiger partial charge in [0.05, 0.1) is 0 Å². The monoisotopic (exact) mass is 250 g/mol. The zero-order valence-electron chi connectivity index (χ0n) is 10.8. The largest absolute Gasteiger partial charge is 0.347 e. The fourth-order valence-electron chi connectivity index (χ4n) is 1.40. The molecule has 0 saturated heterocycles. The second-order valence-electron chi connectivity index (χ2n) is 4.18. The third-order valence-electron chi connectivity index (χ3n) is 2.45. The maximum absolute atomic E-state index is 11.8. The summed E-state index contributed by atoms with van der Waals surface area (Å²) in [5.74, 6) is -0.539. The van der Waals surface area contributed by atoms with Crippen molar-refractivity contribution in [3.8, 4) is 0 Å². The molecule has 0 aromatic carbocycles. The minimum absolute atomic E-state index is 0.165. The normalized spacial score (nSPS) is 11.8. The van der Waals surface area contributed by atoms with Crippen LogP contribution >= 0.6 is 0 Å². The molecule has 0 radical (unpaired) electrons. The number of nitrogens with one attached hydrogen (secondary N) is 1. The van der Waals surface area contributed by atoms with Gasteiger partial charge in [-0.3, -0.25) is 14.6 Å². The minimum Gasteiger partial charge on any atom is -0.347 e. The zero-order chi connectivity index (χ0) is 13.7. The molecular weight excluding hydrogens is 232 g/mol. The number of carbonyl (C=O) groups excluding carboxylic acids is 2. The number of nitrogens with zero attached hydrogens (tertiary/aromatic N) is 2. The number of likely N-dealkylation sites (N-methyl/N-ethyl adjacent to an activating group) is 1. The fraction of sp³-hybridized carbons (Fsp3) is 0.417. The van der Waals surface area contributed by atoms with Crippen LogP contribution < -0.4 is 11.1 Å². The van der Waals surface area contributed by atoms with E-state index in [9.17, 15) is 9.59 Å². The standard InChI is InChI=1S/C12H18N4O2/c1-8(12(18)16(2)3)15-11(17)10-5-4-9(6-13)7-14-10/h4-5,7-8H,6,13H2,1-3H3,(H,15,17). The van der Waals surface area contributed by atoms with Gasteiger partial charge in [0, 0.05) is 26.8 Å². The van der Waals surface area contributed by atoms with Crippen molar-refractivity contribution in [2.45, 2.75) is 19.5 Å². The summed E-state index contributed by atoms with van der Waals surface area (Å²) in [4.78, 5) is 28.8. The average Bonchev–Trinajstić information content (AvgIpc) is 2.37. The van der Waals surface area contributed by atoms with Crippen LogP contribution in [0.4, 0.5) is 0 Å². The Bertz CT molecular complexity index is 428. The molecule has 0 bridgehead atoms. The summed E-state index contributed by atoms with van der Waals surface area (Å²) in [7, 11) is 3.28. The Morgan fingerprint density at radius 1 is 1.44 bits per heavy atom. The summed E-state index contributed by atoms with van der Waals surface area (Å²) in [6, 6.07) is 2.74. The van der Waals surface area contributed by atoms with Gasteiger partial charge in [0.15, 0.2) is 0 Å². The third-order valence-corrected chi connectivity index (χ3v) is 2.45. The highest BCUT2D eigenvalue weighted by Crippen LogP contribution is 2.00. The van der Waals surface area contributed by atoms with Crippen molar-refractivity contribution in [1.29, 1.82) is 0 Å². The molecule has 2 amide bonds. The van der Waals surface area contributed by atoms with Crippen LogP contribution in [-0.4, -0.2) is 41.8 Å². The van der Waals surface area contributed by atoms with E-state index in [0.717, 1.165) is 5.56 Å². The molecule has 1 rings (SSSR count). The maximum atomic E-state index is 11.8. The van der Waals surface area contributed by atoms with Crippen LogP contribution in [-0.2, 0) is 11.3 Å². The van der Waals surface area contributed by atoms with Crippen LogP contribution in [0.3, 0.4) is 0 Å². The van der Waals surface area contributed by atoms with Gasteiger partial charge in [-0.25, -0.2) is 0 Å². The van der Waals surface area contributed by atoms with Crippen molar-refractivity contribution in [2.75, 3.05) is 14.1 Å². The van der Waals surface area contributed by atoms with E-state index in [0.29, 0.717) is 6.54 Å². The van der Waals surface area contributed by atoms with E-state index in [1.54, 1.807) is 39.3 Å². The van der Waals surface area contributed by atoms with Gasteiger partial charge in [0.25, 0.3) is 5.91 Å². The first-order valence-corrected chi connectivity index (χ1v) is 5.62. The van der Waals surface area contributed by atoms with Gasteiger partial charge in [0.1, 0.15) is 11.7 Å². The number of hydrogen-bond acceptors (Lipinski definition) is 4. The molecule has 6 heteroatoms. The van der Waals surface area contributed by atoms with Gasteiger partial charge in [-0.1, -0.05) is 6.07 Å². The van der Waals surface area contributed by atoms with Gasteiger partial charge in [0.2, 0.25) is 5.91 Å². The highest BCUT2D eigenvalue weighted by molar-refractivity contribution is 5.95. The van der Waals surface area contributed by atoms with Crippen LogP contribution in [0.1, 0.15) is 23.0 Å². The van der Waals surface area contributed by atoms with E-state index in [1.807, 2.05) is 0 Å². The Morgan fingerprint density at radius 3 is 2.56 bits per heavy atom. The van der Waals surface area contributed by atoms with Crippen molar-refractivity contribution in [2.24, 2.45) is 5.73 Å². The first kappa shape index (κ1) is 14.1. The number of nitrogens with two attached hydrogens (primary N) is 1. The SMILES string of the molecule is CC(NC(=O)c1ccc(CN)cn1)C(=O)N(C)C. The highest BCUT2D eigenvalue weighted by atomic mass is 16.2. The van der Waals surface area contributed by atoms with E-state index in [1.165, 1.54) is 4.90 Å². The van der Waals surface area contributed by atoms with Gasteiger partial charge < -0.3 is 16.0 Å². The number of hydrogen-bond donors (Lipinski definition) is 2. The highest BCUT2D eigenvalue weighted by Gasteiger charge is 2.18. The quantitative estimate of drug-likeness (QED) is 0.771. The molecule has 0 spiro atoms. The van der Waals surface area contributed by atoms with Crippen molar-refractivity contribution >= 4 is 11.8 Å². The van der Waals surface area contributed by atoms with E-state index in [2.05, 4.69) is 10.3 Å². The molecule has 1 aromatic rings. The molecule has 0 saturated carbocycles. The average molecular weight is 250 g/mol. The van der Waals surface area contributed by atoms with Crippen molar-refractivity contribution in [3.05, 3.63) is 29.6 Å². The lowest BCUT2D eigenvalue weighted by atomic mass is 10.2. The summed E-state index contributed by atoms with van der Waals surface area (Å²) in [6.45, 7) is 2.01. The molecule has 1 aromatic heterocycles. The predicted molar refractivity (Wildman–Crippen MR) is 67.8 cm³/mol. The molecule has 6 nitrogen and oxygen atoms in total. The van der Waals surface area contributed by atoms with Crippen molar-refractivity contribution in [1.82, 2.24) is 15.2 Å². The Morgan fingerprint density at radius 2 is 2.11 bits per heavy atom. The van der Waals surface area contributed by atoms with E-state index < -0.39 is 6.04 Å². The van der Waals surface area contributed by atoms with Gasteiger partial charge in [-0.2, -0.15) is 0 Å². The Labute approximate surface area is 106 Å². The number of amides is 2. The zero-order valence-corrected chi connectivity index (χ0v) is 10.8. The number of aromatic nitrogens is 1. The molecule has 1 unspecified atom stereocenters. The summed E-state index contributed by atoms with van der Waals surface area (Å²) >= 11 is 0. The topological polar surface area (TPSA) is 88.3 Å². The molecule has 0 aliphatic carbocycles. The molecule has 1 atom stereocenters. The van der Waals surface area contributed by atoms with E-state index in [4.69, 9.17) is 5.73 Å². The maximum Gasteiger partial charge on any atom is 0.270 e. The van der Waals surface area contributed by atoms with Crippen LogP contribution in [0, 0.1) is 0 Å². The lowest BCUT2D eigenvalue weighted by molar-refractivity contribution is -0.130. The van der Waals surface area contributed by atoms with Crippen molar-refractivity contribution in [3.63, 3.8) is 0 Å². The number of carbonyl (C=O) groups is 2. The third kappa shape index (κ3) is 3.53. The second-order valence-corrected chi connectivity index (χ2v) is 4.18. The van der Waals surface area contributed by atoms with Crippen LogP contribution in [0.5, 0.6) is 0 Å². The fourth-order valence-corrected chi connectivity index (χ4v) is 1.40. The molecule has 98 valence electrons. The Kier molecular flexibility index (Phi) is 4.79. The number of pyridine rings is 1. The van der Waals surface area contributed by atoms with Gasteiger partial charge >= 0.3 is 0 Å². The van der Waals surface area contributed by atoms with E-state index in [-0.39, 0.29) is 17.5 Å². The van der Waals surface area contributed by atoms with Gasteiger partial charge in [-0.05, 0) is 18.6 Å². The summed E-state index contributed by atoms with van der Waals surface area (Å²) < 4.78 is 0. The van der Waals surface area contributed by atoms with E-state index >= 15 is 0 Å². The lowest BCUT2D eigenvalue weighted by Gasteiger charge is -2.17. The Hall–Kier alpha value is -1.95. The molecule has 3 N–H and O–H groups in total. The molecule has 0 aliphatic heterocycles. The van der Waals surface area contributed by atoms with Crippen LogP contribution in [0.2, 0.25) is 0 Å². The molecule has 1 heterocycles. The summed E-state index contributed by atoms with van der Waals surface area (Å²) in [5, 5.41) is 2.59. The van der Waals surface area contributed by atoms with Crippen LogP contribution in [0.25, 0.3) is 0 Å². The first-order valence-electron chi connectivity index (χ1n) is 5.62. The first-order chi connectivity index (χ1) is 8.45. The molecule has 0 fully saturated rings. The lowest BCUT2D eigenvalue weighted by Crippen LogP contribution is -2.44. The molecule has 0 aliphatic rings. The van der Waals surface area contributed by atoms with Gasteiger partial charge in [-0.15, -0.1) is 0 Å². The molecular formula is C12H18N4O2. The summed E-state index contributed by atoms with van der Waals surface area (Å²) in [5.41, 5.74) is 6.56. The molecule has 18 heavy (non-hydrogen) atoms. The van der Waals surface area contributed by atoms with Crippen LogP contribution in [0.15, 0.2) is 18.3 Å². The van der Waals surface area contributed by atoms with Crippen molar-refractivity contribution < 1.29 is 9.59 Å².